The van der Waals surface area contributed by atoms with Gasteiger partial charge in [-0.15, -0.1) is 0 Å². The van der Waals surface area contributed by atoms with Gasteiger partial charge < -0.3 is 4.98 Å². The quantitative estimate of drug-likeness (QED) is 0.586. The van der Waals surface area contributed by atoms with Gasteiger partial charge >= 0.3 is 0 Å². The van der Waals surface area contributed by atoms with E-state index in [-0.39, 0.29) is 0 Å². The first-order chi connectivity index (χ1) is 4.25. The van der Waals surface area contributed by atoms with Crippen LogP contribution in [0.25, 0.3) is 6.08 Å². The molecule has 0 spiro atoms. The van der Waals surface area contributed by atoms with Gasteiger partial charge in [-0.05, 0) is 31.1 Å². The topological polar surface area (TPSA) is 15.8 Å². The van der Waals surface area contributed by atoms with Crippen molar-refractivity contribution in [1.82, 2.24) is 4.98 Å². The molecule has 0 saturated heterocycles. The molecule has 0 atom stereocenters. The van der Waals surface area contributed by atoms with Gasteiger partial charge in [0.05, 0.1) is 0 Å². The lowest BCUT2D eigenvalue weighted by Gasteiger charge is -1.88. The van der Waals surface area contributed by atoms with E-state index in [1.165, 1.54) is 11.1 Å². The molecule has 1 aromatic heterocycles. The summed E-state index contributed by atoms with van der Waals surface area (Å²) in [4.78, 5) is 3.11. The molecule has 0 radical (unpaired) electrons. The summed E-state index contributed by atoms with van der Waals surface area (Å²) in [5, 5.41) is 0. The van der Waals surface area contributed by atoms with Gasteiger partial charge in [-0.1, -0.05) is 6.58 Å². The molecule has 1 aromatic rings. The second kappa shape index (κ2) is 2.09. The maximum Gasteiger partial charge on any atom is 0.0406 e. The van der Waals surface area contributed by atoms with E-state index < -0.39 is 0 Å². The Hall–Kier alpha value is -0.980. The third-order valence-electron chi connectivity index (χ3n) is 1.64. The highest BCUT2D eigenvalue weighted by molar-refractivity contribution is 5.49. The van der Waals surface area contributed by atoms with Crippen molar-refractivity contribution in [1.29, 1.82) is 0 Å². The van der Waals surface area contributed by atoms with Crippen LogP contribution in [0.4, 0.5) is 0 Å². The third kappa shape index (κ3) is 0.900. The highest BCUT2D eigenvalue weighted by atomic mass is 14.7. The smallest absolute Gasteiger partial charge is 0.0406 e. The van der Waals surface area contributed by atoms with E-state index in [2.05, 4.69) is 25.4 Å². The number of aromatic amines is 1. The van der Waals surface area contributed by atoms with Crippen molar-refractivity contribution in [3.63, 3.8) is 0 Å². The predicted octanol–water partition coefficient (Wildman–Crippen LogP) is 2.27. The van der Waals surface area contributed by atoms with Crippen LogP contribution in [0.1, 0.15) is 16.8 Å². The van der Waals surface area contributed by atoms with Crippen molar-refractivity contribution < 1.29 is 0 Å². The summed E-state index contributed by atoms with van der Waals surface area (Å²) >= 11 is 0. The van der Waals surface area contributed by atoms with Crippen LogP contribution in [0.3, 0.4) is 0 Å². The third-order valence-corrected chi connectivity index (χ3v) is 1.64. The van der Waals surface area contributed by atoms with Crippen molar-refractivity contribution in [3.05, 3.63) is 29.6 Å². The highest BCUT2D eigenvalue weighted by Crippen LogP contribution is 2.11. The standard InChI is InChI=1S/C8H11N/c1-4-8-7(3)6(2)5-9-8/h4-5,9H,1H2,2-3H3. The van der Waals surface area contributed by atoms with Crippen molar-refractivity contribution in [3.8, 4) is 0 Å². The predicted molar refractivity (Wildman–Crippen MR) is 40.4 cm³/mol. The van der Waals surface area contributed by atoms with Crippen LogP contribution in [0.15, 0.2) is 12.8 Å². The van der Waals surface area contributed by atoms with E-state index in [0.717, 1.165) is 5.69 Å². The van der Waals surface area contributed by atoms with E-state index in [4.69, 9.17) is 0 Å². The number of rotatable bonds is 1. The molecule has 0 aliphatic carbocycles. The molecule has 1 nitrogen and oxygen atoms in total. The molecule has 0 fully saturated rings. The van der Waals surface area contributed by atoms with E-state index in [1.54, 1.807) is 0 Å². The number of aryl methyl sites for hydroxylation is 1. The van der Waals surface area contributed by atoms with Gasteiger partial charge in [-0.2, -0.15) is 0 Å². The van der Waals surface area contributed by atoms with Crippen LogP contribution in [0.2, 0.25) is 0 Å². The first kappa shape index (κ1) is 6.14. The van der Waals surface area contributed by atoms with E-state index in [9.17, 15) is 0 Å². The molecule has 0 aliphatic heterocycles. The van der Waals surface area contributed by atoms with Crippen LogP contribution in [0, 0.1) is 13.8 Å². The Labute approximate surface area is 55.4 Å². The zero-order valence-corrected chi connectivity index (χ0v) is 5.86. The van der Waals surface area contributed by atoms with Gasteiger partial charge in [-0.3, -0.25) is 0 Å². The van der Waals surface area contributed by atoms with E-state index in [1.807, 2.05) is 12.3 Å². The summed E-state index contributed by atoms with van der Waals surface area (Å²) < 4.78 is 0. The Morgan fingerprint density at radius 1 is 1.56 bits per heavy atom. The lowest BCUT2D eigenvalue weighted by atomic mass is 10.2. The van der Waals surface area contributed by atoms with Gasteiger partial charge in [0.15, 0.2) is 0 Å². The van der Waals surface area contributed by atoms with Crippen molar-refractivity contribution in [2.75, 3.05) is 0 Å². The maximum absolute atomic E-state index is 3.67. The molecule has 9 heavy (non-hydrogen) atoms. The Kier molecular flexibility index (Phi) is 1.43. The minimum atomic E-state index is 1.13. The van der Waals surface area contributed by atoms with Crippen LogP contribution < -0.4 is 0 Å². The molecule has 1 heteroatoms. The second-order valence-electron chi connectivity index (χ2n) is 2.21. The molecule has 0 unspecified atom stereocenters. The van der Waals surface area contributed by atoms with Crippen molar-refractivity contribution in [2.45, 2.75) is 13.8 Å². The zero-order valence-electron chi connectivity index (χ0n) is 5.86. The molecule has 1 heterocycles. The van der Waals surface area contributed by atoms with Crippen LogP contribution in [0.5, 0.6) is 0 Å². The second-order valence-corrected chi connectivity index (χ2v) is 2.21. The Morgan fingerprint density at radius 2 is 2.22 bits per heavy atom. The fourth-order valence-corrected chi connectivity index (χ4v) is 0.827. The summed E-state index contributed by atoms with van der Waals surface area (Å²) in [7, 11) is 0. The molecule has 0 aliphatic rings. The number of aromatic nitrogens is 1. The van der Waals surface area contributed by atoms with Crippen molar-refractivity contribution >= 4 is 6.08 Å². The van der Waals surface area contributed by atoms with Gasteiger partial charge in [0, 0.05) is 11.9 Å². The molecule has 1 rings (SSSR count). The summed E-state index contributed by atoms with van der Waals surface area (Å²) in [5.74, 6) is 0. The highest BCUT2D eigenvalue weighted by Gasteiger charge is 1.96. The first-order valence-electron chi connectivity index (χ1n) is 3.02. The molecule has 0 aromatic carbocycles. The fraction of sp³-hybridized carbons (Fsp3) is 0.250. The molecule has 1 N–H and O–H groups in total. The van der Waals surface area contributed by atoms with Crippen LogP contribution >= 0.6 is 0 Å². The normalized spacial score (nSPS) is 9.56. The Bertz CT molecular complexity index is 220. The van der Waals surface area contributed by atoms with Gasteiger partial charge in [0.2, 0.25) is 0 Å². The minimum Gasteiger partial charge on any atom is -0.361 e. The summed E-state index contributed by atoms with van der Waals surface area (Å²) in [6.45, 7) is 7.84. The molecule has 48 valence electrons. The largest absolute Gasteiger partial charge is 0.361 e. The summed E-state index contributed by atoms with van der Waals surface area (Å²) in [6.07, 6.45) is 3.83. The SMILES string of the molecule is C=Cc1[nH]cc(C)c1C. The van der Waals surface area contributed by atoms with Crippen molar-refractivity contribution in [2.24, 2.45) is 0 Å². The Balaban J connectivity index is 3.18. The van der Waals surface area contributed by atoms with Crippen LogP contribution in [-0.2, 0) is 0 Å². The van der Waals surface area contributed by atoms with Gasteiger partial charge in [-0.25, -0.2) is 0 Å². The number of H-pyrrole nitrogens is 1. The molecule has 0 amide bonds. The van der Waals surface area contributed by atoms with Gasteiger partial charge in [0.1, 0.15) is 0 Å². The van der Waals surface area contributed by atoms with E-state index in [0.29, 0.717) is 0 Å². The Morgan fingerprint density at radius 3 is 2.44 bits per heavy atom. The summed E-state index contributed by atoms with van der Waals surface area (Å²) in [5.41, 5.74) is 3.72. The molecule has 0 bridgehead atoms. The minimum absolute atomic E-state index is 1.13. The molecular weight excluding hydrogens is 110 g/mol. The monoisotopic (exact) mass is 121 g/mol. The average Bonchev–Trinajstić information content (AvgIpc) is 2.15. The average molecular weight is 121 g/mol. The first-order valence-corrected chi connectivity index (χ1v) is 3.02. The molecule has 0 saturated carbocycles. The number of hydrogen-bond acceptors (Lipinski definition) is 0. The zero-order chi connectivity index (χ0) is 6.85. The van der Waals surface area contributed by atoms with Gasteiger partial charge in [0.25, 0.3) is 0 Å². The molecular formula is C8H11N. The maximum atomic E-state index is 3.67. The summed E-state index contributed by atoms with van der Waals surface area (Å²) in [6, 6.07) is 0. The number of nitrogens with one attached hydrogen (secondary N) is 1. The number of hydrogen-bond donors (Lipinski definition) is 1. The van der Waals surface area contributed by atoms with Crippen LogP contribution in [-0.4, -0.2) is 4.98 Å². The lowest BCUT2D eigenvalue weighted by Crippen LogP contribution is -1.73. The van der Waals surface area contributed by atoms with E-state index >= 15 is 0 Å². The lowest BCUT2D eigenvalue weighted by molar-refractivity contribution is 1.35. The fourth-order valence-electron chi connectivity index (χ4n) is 0.827.